The van der Waals surface area contributed by atoms with Gasteiger partial charge in [0.25, 0.3) is 0 Å². The smallest absolute Gasteiger partial charge is 0.311 e. The lowest BCUT2D eigenvalue weighted by Crippen LogP contribution is -2.45. The first-order chi connectivity index (χ1) is 9.83. The number of hydrogen-bond acceptors (Lipinski definition) is 3. The molecule has 0 aliphatic carbocycles. The van der Waals surface area contributed by atoms with Gasteiger partial charge in [-0.2, -0.15) is 13.1 Å². The van der Waals surface area contributed by atoms with E-state index in [0.717, 1.165) is 0 Å². The average molecular weight is 312 g/mol. The van der Waals surface area contributed by atoms with Gasteiger partial charge < -0.3 is 5.11 Å². The maximum Gasteiger partial charge on any atom is 0.311 e. The summed E-state index contributed by atoms with van der Waals surface area (Å²) in [6.45, 7) is 4.37. The van der Waals surface area contributed by atoms with Crippen molar-refractivity contribution in [3.05, 3.63) is 29.8 Å². The third kappa shape index (κ3) is 3.36. The van der Waals surface area contributed by atoms with Gasteiger partial charge in [0.15, 0.2) is 0 Å². The van der Waals surface area contributed by atoms with E-state index in [-0.39, 0.29) is 18.9 Å². The Hall–Kier alpha value is -1.60. The minimum Gasteiger partial charge on any atom is -0.481 e. The molecule has 0 amide bonds. The molecule has 1 unspecified atom stereocenters. The topological polar surface area (TPSA) is 86.7 Å². The third-order valence-electron chi connectivity index (χ3n) is 3.46. The summed E-state index contributed by atoms with van der Waals surface area (Å²) >= 11 is 0. The summed E-state index contributed by atoms with van der Waals surface area (Å²) in [5.74, 6) is -1.38. The Balaban J connectivity index is 2.35. The molecule has 7 heteroatoms. The van der Waals surface area contributed by atoms with E-state index in [2.05, 4.69) is 4.72 Å². The van der Waals surface area contributed by atoms with Crippen LogP contribution < -0.4 is 9.03 Å². The normalized spacial score (nSPS) is 18.6. The Labute approximate surface area is 125 Å². The fraction of sp³-hybridized carbons (Fsp3) is 0.500. The first-order valence-electron chi connectivity index (χ1n) is 6.92. The highest BCUT2D eigenvalue weighted by atomic mass is 32.2. The molecule has 1 aliphatic heterocycles. The van der Waals surface area contributed by atoms with Crippen LogP contribution in [-0.4, -0.2) is 32.6 Å². The first kappa shape index (κ1) is 15.8. The number of nitrogens with one attached hydrogen (secondary N) is 1. The highest BCUT2D eigenvalue weighted by Crippen LogP contribution is 2.36. The number of carboxylic acid groups (broad SMARTS) is 1. The second-order valence-electron chi connectivity index (χ2n) is 5.56. The summed E-state index contributed by atoms with van der Waals surface area (Å²) in [6.07, 6.45) is 0.273. The van der Waals surface area contributed by atoms with Crippen molar-refractivity contribution in [3.8, 4) is 0 Å². The zero-order valence-electron chi connectivity index (χ0n) is 12.1. The standard InChI is InChI=1S/C14H20N2O4S/c1-10(2)9-15-21(19,20)16-8-7-12(14(17)18)11-5-3-4-6-13(11)16/h3-6,10,12,15H,7-9H2,1-2H3,(H,17,18). The lowest BCUT2D eigenvalue weighted by Gasteiger charge is -2.33. The molecule has 0 saturated heterocycles. The van der Waals surface area contributed by atoms with Crippen molar-refractivity contribution in [3.63, 3.8) is 0 Å². The summed E-state index contributed by atoms with van der Waals surface area (Å²) in [7, 11) is -3.65. The molecule has 0 bridgehead atoms. The lowest BCUT2D eigenvalue weighted by atomic mass is 9.91. The van der Waals surface area contributed by atoms with Crippen LogP contribution in [0.5, 0.6) is 0 Å². The summed E-state index contributed by atoms with van der Waals surface area (Å²) in [4.78, 5) is 11.3. The van der Waals surface area contributed by atoms with Crippen molar-refractivity contribution in [1.82, 2.24) is 4.72 Å². The fourth-order valence-corrected chi connectivity index (χ4v) is 3.86. The Kier molecular flexibility index (Phi) is 4.53. The zero-order chi connectivity index (χ0) is 15.6. The zero-order valence-corrected chi connectivity index (χ0v) is 12.9. The van der Waals surface area contributed by atoms with E-state index in [0.29, 0.717) is 17.8 Å². The van der Waals surface area contributed by atoms with E-state index in [1.54, 1.807) is 24.3 Å². The predicted molar refractivity (Wildman–Crippen MR) is 80.5 cm³/mol. The maximum atomic E-state index is 12.4. The summed E-state index contributed by atoms with van der Waals surface area (Å²) < 4.78 is 28.6. The fourth-order valence-electron chi connectivity index (χ4n) is 2.39. The SMILES string of the molecule is CC(C)CNS(=O)(=O)N1CCC(C(=O)O)c2ccccc21. The van der Waals surface area contributed by atoms with Crippen molar-refractivity contribution in [2.75, 3.05) is 17.4 Å². The van der Waals surface area contributed by atoms with E-state index in [4.69, 9.17) is 0 Å². The van der Waals surface area contributed by atoms with E-state index in [1.165, 1.54) is 4.31 Å². The molecule has 1 aromatic rings. The van der Waals surface area contributed by atoms with E-state index >= 15 is 0 Å². The Bertz CT molecular complexity index is 628. The van der Waals surface area contributed by atoms with Gasteiger partial charge in [0.2, 0.25) is 0 Å². The molecular weight excluding hydrogens is 292 g/mol. The highest BCUT2D eigenvalue weighted by Gasteiger charge is 2.34. The van der Waals surface area contributed by atoms with Crippen molar-refractivity contribution < 1.29 is 18.3 Å². The first-order valence-corrected chi connectivity index (χ1v) is 8.36. The van der Waals surface area contributed by atoms with Gasteiger partial charge in [-0.1, -0.05) is 32.0 Å². The van der Waals surface area contributed by atoms with Crippen LogP contribution in [0.2, 0.25) is 0 Å². The predicted octanol–water partition coefficient (Wildman–Crippen LogP) is 1.56. The largest absolute Gasteiger partial charge is 0.481 e. The van der Waals surface area contributed by atoms with Gasteiger partial charge in [0, 0.05) is 13.1 Å². The summed E-state index contributed by atoms with van der Waals surface area (Å²) in [6, 6.07) is 6.78. The average Bonchev–Trinajstić information content (AvgIpc) is 2.43. The number of rotatable bonds is 5. The molecule has 21 heavy (non-hydrogen) atoms. The molecular formula is C14H20N2O4S. The van der Waals surface area contributed by atoms with Crippen LogP contribution in [0.1, 0.15) is 31.7 Å². The van der Waals surface area contributed by atoms with Gasteiger partial charge in [0.1, 0.15) is 0 Å². The van der Waals surface area contributed by atoms with Crippen molar-refractivity contribution in [2.45, 2.75) is 26.2 Å². The second-order valence-corrected chi connectivity index (χ2v) is 7.24. The number of benzene rings is 1. The minimum absolute atomic E-state index is 0.168. The molecule has 0 spiro atoms. The molecule has 0 radical (unpaired) electrons. The van der Waals surface area contributed by atoms with Crippen LogP contribution in [0.3, 0.4) is 0 Å². The van der Waals surface area contributed by atoms with Crippen molar-refractivity contribution >= 4 is 21.9 Å². The van der Waals surface area contributed by atoms with E-state index < -0.39 is 22.1 Å². The molecule has 0 aromatic heterocycles. The van der Waals surface area contributed by atoms with Crippen LogP contribution in [-0.2, 0) is 15.0 Å². The molecule has 1 heterocycles. The Morgan fingerprint density at radius 1 is 1.43 bits per heavy atom. The number of nitrogens with zero attached hydrogens (tertiary/aromatic N) is 1. The number of fused-ring (bicyclic) bond motifs is 1. The van der Waals surface area contributed by atoms with Gasteiger partial charge in [-0.05, 0) is 24.0 Å². The maximum absolute atomic E-state index is 12.4. The Morgan fingerprint density at radius 3 is 2.71 bits per heavy atom. The molecule has 2 rings (SSSR count). The van der Waals surface area contributed by atoms with Crippen LogP contribution in [0.15, 0.2) is 24.3 Å². The van der Waals surface area contributed by atoms with Crippen LogP contribution in [0, 0.1) is 5.92 Å². The van der Waals surface area contributed by atoms with Crippen molar-refractivity contribution in [2.24, 2.45) is 5.92 Å². The number of carboxylic acids is 1. The van der Waals surface area contributed by atoms with Gasteiger partial charge in [-0.3, -0.25) is 9.10 Å². The number of carbonyl (C=O) groups is 1. The van der Waals surface area contributed by atoms with Crippen molar-refractivity contribution in [1.29, 1.82) is 0 Å². The quantitative estimate of drug-likeness (QED) is 0.864. The number of para-hydroxylation sites is 1. The van der Waals surface area contributed by atoms with E-state index in [9.17, 15) is 18.3 Å². The molecule has 0 saturated carbocycles. The summed E-state index contributed by atoms with van der Waals surface area (Å²) in [5, 5.41) is 9.27. The molecule has 1 aliphatic rings. The number of aliphatic carboxylic acids is 1. The number of hydrogen-bond donors (Lipinski definition) is 2. The minimum atomic E-state index is -3.65. The molecule has 6 nitrogen and oxygen atoms in total. The Morgan fingerprint density at radius 2 is 2.10 bits per heavy atom. The van der Waals surface area contributed by atoms with Gasteiger partial charge in [-0.15, -0.1) is 0 Å². The van der Waals surface area contributed by atoms with Crippen LogP contribution in [0.4, 0.5) is 5.69 Å². The van der Waals surface area contributed by atoms with Gasteiger partial charge in [-0.25, -0.2) is 0 Å². The summed E-state index contributed by atoms with van der Waals surface area (Å²) in [5.41, 5.74) is 0.999. The lowest BCUT2D eigenvalue weighted by molar-refractivity contribution is -0.139. The molecule has 0 fully saturated rings. The monoisotopic (exact) mass is 312 g/mol. The molecule has 1 aromatic carbocycles. The third-order valence-corrected chi connectivity index (χ3v) is 4.95. The van der Waals surface area contributed by atoms with Gasteiger partial charge >= 0.3 is 16.2 Å². The second kappa shape index (κ2) is 6.03. The van der Waals surface area contributed by atoms with Crippen LogP contribution in [0.25, 0.3) is 0 Å². The number of anilines is 1. The van der Waals surface area contributed by atoms with Crippen LogP contribution >= 0.6 is 0 Å². The van der Waals surface area contributed by atoms with Gasteiger partial charge in [0.05, 0.1) is 11.6 Å². The molecule has 2 N–H and O–H groups in total. The molecule has 116 valence electrons. The highest BCUT2D eigenvalue weighted by molar-refractivity contribution is 7.90. The molecule has 1 atom stereocenters. The van der Waals surface area contributed by atoms with E-state index in [1.807, 2.05) is 13.8 Å².